The van der Waals surface area contributed by atoms with Gasteiger partial charge in [0.25, 0.3) is 0 Å². The maximum atomic E-state index is 14.3. The molecule has 0 spiro atoms. The summed E-state index contributed by atoms with van der Waals surface area (Å²) in [6.45, 7) is 1.91. The Morgan fingerprint density at radius 1 is 0.481 bits per heavy atom. The van der Waals surface area contributed by atoms with Gasteiger partial charge in [-0.05, 0) is 74.1 Å². The van der Waals surface area contributed by atoms with Crippen molar-refractivity contribution >= 4 is 34.2 Å². The molecule has 1 atom stereocenters. The summed E-state index contributed by atoms with van der Waals surface area (Å²) >= 11 is 0. The van der Waals surface area contributed by atoms with Gasteiger partial charge in [0.15, 0.2) is 11.5 Å². The Morgan fingerprint density at radius 3 is 1.90 bits per heavy atom. The highest BCUT2D eigenvalue weighted by Gasteiger charge is 2.34. The minimum Gasteiger partial charge on any atom is -0.314 e. The third-order valence-electron chi connectivity index (χ3n) is 10.4. The summed E-state index contributed by atoms with van der Waals surface area (Å²) in [6, 6.07) is 59.1. The minimum absolute atomic E-state index is 0.671. The molecule has 0 fully saturated rings. The van der Waals surface area contributed by atoms with Gasteiger partial charge in [-0.3, -0.25) is 0 Å². The molecule has 7 aromatic carbocycles. The number of aromatic nitrogens is 3. The molecule has 2 aromatic heterocycles. The molecule has 0 amide bonds. The predicted octanol–water partition coefficient (Wildman–Crippen LogP) is 11.1. The summed E-state index contributed by atoms with van der Waals surface area (Å²) in [4.78, 5) is 5.09. The summed E-state index contributed by atoms with van der Waals surface area (Å²) in [5.74, 6) is 0.671. The highest BCUT2D eigenvalue weighted by Crippen LogP contribution is 2.51. The van der Waals surface area contributed by atoms with Crippen LogP contribution in [0, 0.1) is 0 Å². The predicted molar refractivity (Wildman–Crippen MR) is 216 cm³/mol. The molecule has 1 unspecified atom stereocenters. The van der Waals surface area contributed by atoms with Crippen LogP contribution in [-0.4, -0.2) is 21.3 Å². The van der Waals surface area contributed by atoms with Gasteiger partial charge in [0.1, 0.15) is 7.14 Å². The van der Waals surface area contributed by atoms with E-state index in [9.17, 15) is 4.57 Å². The molecular weight excluding hydrogens is 654 g/mol. The molecule has 0 aliphatic carbocycles. The summed E-state index contributed by atoms with van der Waals surface area (Å²) in [5.41, 5.74) is 12.7. The Balaban J connectivity index is 1.09. The van der Waals surface area contributed by atoms with E-state index in [2.05, 4.69) is 146 Å². The third kappa shape index (κ3) is 4.87. The number of pyridine rings is 1. The highest BCUT2D eigenvalue weighted by molar-refractivity contribution is 7.79. The number of benzene rings is 7. The van der Waals surface area contributed by atoms with E-state index < -0.39 is 7.14 Å². The molecule has 5 heteroatoms. The summed E-state index contributed by atoms with van der Waals surface area (Å²) in [7, 11) is -2.73. The second kappa shape index (κ2) is 11.9. The Kier molecular flexibility index (Phi) is 6.96. The van der Waals surface area contributed by atoms with E-state index in [1.54, 1.807) is 0 Å². The lowest BCUT2D eigenvalue weighted by atomic mass is 9.89. The fourth-order valence-electron chi connectivity index (χ4n) is 7.82. The Morgan fingerprint density at radius 2 is 1.10 bits per heavy atom. The zero-order chi connectivity index (χ0) is 34.8. The number of hydrogen-bond donors (Lipinski definition) is 0. The Labute approximate surface area is 302 Å². The van der Waals surface area contributed by atoms with Crippen LogP contribution in [0.5, 0.6) is 0 Å². The van der Waals surface area contributed by atoms with Gasteiger partial charge in [0, 0.05) is 33.5 Å². The van der Waals surface area contributed by atoms with Crippen LogP contribution in [0.2, 0.25) is 0 Å². The first-order chi connectivity index (χ1) is 25.5. The van der Waals surface area contributed by atoms with Gasteiger partial charge in [-0.25, -0.2) is 9.50 Å². The van der Waals surface area contributed by atoms with Gasteiger partial charge in [-0.1, -0.05) is 158 Å². The molecule has 1 aliphatic rings. The van der Waals surface area contributed by atoms with E-state index in [0.29, 0.717) is 5.82 Å². The van der Waals surface area contributed by atoms with E-state index in [1.165, 1.54) is 5.39 Å². The first-order valence-electron chi connectivity index (χ1n) is 17.5. The number of hydrogen-bond acceptors (Lipinski definition) is 3. The van der Waals surface area contributed by atoms with Crippen LogP contribution in [-0.2, 0) is 4.57 Å². The van der Waals surface area contributed by atoms with Gasteiger partial charge >= 0.3 is 0 Å². The van der Waals surface area contributed by atoms with Crippen molar-refractivity contribution in [2.75, 3.05) is 6.66 Å². The van der Waals surface area contributed by atoms with E-state index in [4.69, 9.17) is 10.1 Å². The molecule has 246 valence electrons. The average molecular weight is 686 g/mol. The first kappa shape index (κ1) is 30.5. The van der Waals surface area contributed by atoms with Crippen molar-refractivity contribution in [3.63, 3.8) is 0 Å². The fourth-order valence-corrected chi connectivity index (χ4v) is 10.1. The normalized spacial score (nSPS) is 14.8. The van der Waals surface area contributed by atoms with Crippen LogP contribution in [0.25, 0.3) is 83.4 Å². The molecular formula is C47H32N3OP. The maximum Gasteiger partial charge on any atom is 0.182 e. The molecule has 10 rings (SSSR count). The monoisotopic (exact) mass is 685 g/mol. The molecule has 0 saturated heterocycles. The topological polar surface area (TPSA) is 47.3 Å². The van der Waals surface area contributed by atoms with Crippen LogP contribution in [0.15, 0.2) is 176 Å². The standard InChI is InChI=1S/C47H32N3OP/c1-52(51)43-19-11-10-18-40(43)41-27-25-36(29-44(41)52)45-38-17-9-8-16-33(38)24-26-39(45)34-20-22-35(23-21-34)46-48-47-42(32-14-6-3-7-15-32)28-37(30-50(47)49-46)31-12-4-2-5-13-31/h2-30H,1H3. The van der Waals surface area contributed by atoms with Crippen LogP contribution in [0.3, 0.4) is 0 Å². The SMILES string of the molecule is CP1(=O)c2ccccc2-c2ccc(-c3c(-c4ccc(-c5nc6c(-c7ccccc7)cc(-c7ccccc7)cn6n5)cc4)ccc4ccccc34)cc21. The molecule has 0 bridgehead atoms. The maximum absolute atomic E-state index is 14.3. The quantitative estimate of drug-likeness (QED) is 0.169. The Bertz CT molecular complexity index is 2880. The van der Waals surface area contributed by atoms with Crippen LogP contribution < -0.4 is 10.6 Å². The molecule has 9 aromatic rings. The molecule has 0 radical (unpaired) electrons. The van der Waals surface area contributed by atoms with Crippen LogP contribution in [0.4, 0.5) is 0 Å². The van der Waals surface area contributed by atoms with E-state index in [1.807, 2.05) is 41.5 Å². The summed E-state index contributed by atoms with van der Waals surface area (Å²) in [6.07, 6.45) is 2.06. The largest absolute Gasteiger partial charge is 0.314 e. The minimum atomic E-state index is -2.73. The number of rotatable bonds is 5. The van der Waals surface area contributed by atoms with Crippen molar-refractivity contribution in [3.05, 3.63) is 176 Å². The van der Waals surface area contributed by atoms with Crippen LogP contribution >= 0.6 is 7.14 Å². The van der Waals surface area contributed by atoms with Gasteiger partial charge in [-0.2, -0.15) is 0 Å². The van der Waals surface area contributed by atoms with Crippen molar-refractivity contribution < 1.29 is 4.57 Å². The smallest absolute Gasteiger partial charge is 0.182 e. The second-order valence-corrected chi connectivity index (χ2v) is 16.3. The lowest BCUT2D eigenvalue weighted by Crippen LogP contribution is -2.08. The zero-order valence-corrected chi connectivity index (χ0v) is 29.3. The van der Waals surface area contributed by atoms with Gasteiger partial charge in [-0.15, -0.1) is 5.10 Å². The lowest BCUT2D eigenvalue weighted by Gasteiger charge is -2.16. The fraction of sp³-hybridized carbons (Fsp3) is 0.0213. The van der Waals surface area contributed by atoms with Gasteiger partial charge in [0.05, 0.1) is 0 Å². The summed E-state index contributed by atoms with van der Waals surface area (Å²) < 4.78 is 16.2. The van der Waals surface area contributed by atoms with Crippen molar-refractivity contribution in [2.24, 2.45) is 0 Å². The summed E-state index contributed by atoms with van der Waals surface area (Å²) in [5, 5.41) is 9.22. The average Bonchev–Trinajstić information content (AvgIpc) is 3.74. The lowest BCUT2D eigenvalue weighted by molar-refractivity contribution is 0.591. The molecule has 0 saturated carbocycles. The van der Waals surface area contributed by atoms with Gasteiger partial charge < -0.3 is 4.57 Å². The van der Waals surface area contributed by atoms with Crippen molar-refractivity contribution in [3.8, 4) is 67.0 Å². The highest BCUT2D eigenvalue weighted by atomic mass is 31.2. The molecule has 3 heterocycles. The third-order valence-corrected chi connectivity index (χ3v) is 13.0. The molecule has 1 aliphatic heterocycles. The van der Waals surface area contributed by atoms with Crippen molar-refractivity contribution in [1.29, 1.82) is 0 Å². The van der Waals surface area contributed by atoms with Crippen LogP contribution in [0.1, 0.15) is 0 Å². The van der Waals surface area contributed by atoms with E-state index in [-0.39, 0.29) is 0 Å². The second-order valence-electron chi connectivity index (χ2n) is 13.5. The molecule has 4 nitrogen and oxygen atoms in total. The Hall–Kier alpha value is -6.35. The first-order valence-corrected chi connectivity index (χ1v) is 19.6. The van der Waals surface area contributed by atoms with Crippen molar-refractivity contribution in [2.45, 2.75) is 0 Å². The van der Waals surface area contributed by atoms with Gasteiger partial charge in [0.2, 0.25) is 0 Å². The van der Waals surface area contributed by atoms with Crippen molar-refractivity contribution in [1.82, 2.24) is 14.6 Å². The molecule has 52 heavy (non-hydrogen) atoms. The number of fused-ring (bicyclic) bond motifs is 5. The number of nitrogens with zero attached hydrogens (tertiary/aromatic N) is 3. The molecule has 0 N–H and O–H groups in total. The van der Waals surface area contributed by atoms with E-state index >= 15 is 0 Å². The zero-order valence-electron chi connectivity index (χ0n) is 28.4. The van der Waals surface area contributed by atoms with E-state index in [0.717, 1.165) is 82.8 Å².